The minimum atomic E-state index is -0.643. The van der Waals surface area contributed by atoms with Gasteiger partial charge in [0.2, 0.25) is 12.2 Å². The molecule has 3 N–H and O–H groups in total. The lowest BCUT2D eigenvalue weighted by Gasteiger charge is -2.22. The van der Waals surface area contributed by atoms with Gasteiger partial charge in [-0.25, -0.2) is 0 Å². The van der Waals surface area contributed by atoms with E-state index < -0.39 is 11.8 Å². The van der Waals surface area contributed by atoms with Crippen molar-refractivity contribution in [2.45, 2.75) is 0 Å². The molecule has 0 bridgehead atoms. The standard InChI is InChI=1S/C15H18N3O5/c19-8-5-17-14(22)11-12(13-3-1-2-4-16-13)15(23)18(6-9-20)7-10-21/h1-4,11,20-21H,5-7,9-10H2,(H,17,22). The van der Waals surface area contributed by atoms with Crippen molar-refractivity contribution in [1.29, 1.82) is 0 Å². The van der Waals surface area contributed by atoms with E-state index in [2.05, 4.69) is 10.3 Å². The minimum absolute atomic E-state index is 0.00380. The van der Waals surface area contributed by atoms with Gasteiger partial charge in [0, 0.05) is 25.4 Å². The maximum Gasteiger partial charge on any atom is 0.256 e. The van der Waals surface area contributed by atoms with Crippen LogP contribution in [0.25, 0.3) is 5.57 Å². The van der Waals surface area contributed by atoms with Gasteiger partial charge in [0.1, 0.15) is 0 Å². The van der Waals surface area contributed by atoms with Crippen molar-refractivity contribution in [3.8, 4) is 0 Å². The van der Waals surface area contributed by atoms with Crippen molar-refractivity contribution >= 4 is 23.7 Å². The van der Waals surface area contributed by atoms with Crippen LogP contribution in [0.5, 0.6) is 0 Å². The Bertz CT molecular complexity index is 553. The topological polar surface area (TPSA) is 120 Å². The molecule has 0 saturated heterocycles. The maximum absolute atomic E-state index is 12.6. The minimum Gasteiger partial charge on any atom is -0.395 e. The van der Waals surface area contributed by atoms with Crippen molar-refractivity contribution in [2.75, 3.05) is 32.8 Å². The highest BCUT2D eigenvalue weighted by Gasteiger charge is 2.21. The van der Waals surface area contributed by atoms with Gasteiger partial charge in [0.25, 0.3) is 5.91 Å². The van der Waals surface area contributed by atoms with Crippen LogP contribution in [-0.2, 0) is 14.4 Å². The fourth-order valence-electron chi connectivity index (χ4n) is 1.80. The fraction of sp³-hybridized carbons (Fsp3) is 0.333. The van der Waals surface area contributed by atoms with E-state index in [4.69, 9.17) is 10.2 Å². The number of carbonyl (C=O) groups is 2. The van der Waals surface area contributed by atoms with Gasteiger partial charge in [-0.15, -0.1) is 0 Å². The largest absolute Gasteiger partial charge is 0.395 e. The lowest BCUT2D eigenvalue weighted by molar-refractivity contribution is -0.126. The number of rotatable bonds is 9. The molecule has 2 amide bonds. The third kappa shape index (κ3) is 5.97. The number of hydrogen-bond donors (Lipinski definition) is 3. The number of aromatic nitrogens is 1. The normalized spacial score (nSPS) is 11.0. The van der Waals surface area contributed by atoms with E-state index in [1.807, 2.05) is 0 Å². The predicted molar refractivity (Wildman–Crippen MR) is 81.7 cm³/mol. The summed E-state index contributed by atoms with van der Waals surface area (Å²) in [7, 11) is 0. The Kier molecular flexibility index (Phi) is 8.19. The van der Waals surface area contributed by atoms with Crippen LogP contribution < -0.4 is 5.32 Å². The SMILES string of the molecule is O=[C]CNC(=O)C=C(C(=O)N(CCO)CCO)c1ccccn1. The summed E-state index contributed by atoms with van der Waals surface area (Å²) in [6.07, 6.45) is 4.02. The van der Waals surface area contributed by atoms with Crippen LogP contribution >= 0.6 is 0 Å². The summed E-state index contributed by atoms with van der Waals surface area (Å²) in [5.41, 5.74) is 0.263. The molecule has 8 nitrogen and oxygen atoms in total. The first kappa shape index (κ1) is 18.5. The smallest absolute Gasteiger partial charge is 0.256 e. The number of aliphatic hydroxyl groups excluding tert-OH is 2. The Balaban J connectivity index is 3.12. The van der Waals surface area contributed by atoms with Crippen LogP contribution in [0.3, 0.4) is 0 Å². The lowest BCUT2D eigenvalue weighted by atomic mass is 10.1. The average molecular weight is 320 g/mol. The summed E-state index contributed by atoms with van der Waals surface area (Å²) in [5.74, 6) is -1.20. The van der Waals surface area contributed by atoms with E-state index in [1.165, 1.54) is 17.4 Å². The molecule has 0 aromatic carbocycles. The van der Waals surface area contributed by atoms with Crippen molar-refractivity contribution in [2.24, 2.45) is 0 Å². The van der Waals surface area contributed by atoms with E-state index in [-0.39, 0.29) is 44.1 Å². The van der Waals surface area contributed by atoms with Crippen LogP contribution in [0.1, 0.15) is 5.69 Å². The average Bonchev–Trinajstić information content (AvgIpc) is 2.58. The first-order valence-electron chi connectivity index (χ1n) is 6.91. The van der Waals surface area contributed by atoms with E-state index in [9.17, 15) is 14.4 Å². The summed E-state index contributed by atoms with van der Waals surface area (Å²) in [4.78, 5) is 39.8. The highest BCUT2D eigenvalue weighted by atomic mass is 16.3. The molecule has 0 unspecified atom stereocenters. The summed E-state index contributed by atoms with van der Waals surface area (Å²) >= 11 is 0. The van der Waals surface area contributed by atoms with E-state index in [0.29, 0.717) is 0 Å². The Morgan fingerprint density at radius 1 is 1.26 bits per heavy atom. The van der Waals surface area contributed by atoms with Gasteiger partial charge < -0.3 is 20.4 Å². The van der Waals surface area contributed by atoms with Crippen molar-refractivity contribution in [3.63, 3.8) is 0 Å². The van der Waals surface area contributed by atoms with Crippen LogP contribution in [0.4, 0.5) is 0 Å². The third-order valence-electron chi connectivity index (χ3n) is 2.81. The Morgan fingerprint density at radius 2 is 1.96 bits per heavy atom. The molecule has 123 valence electrons. The van der Waals surface area contributed by atoms with E-state index >= 15 is 0 Å². The molecule has 8 heteroatoms. The Hall–Kier alpha value is -2.58. The number of hydrogen-bond acceptors (Lipinski definition) is 6. The summed E-state index contributed by atoms with van der Waals surface area (Å²) in [6, 6.07) is 4.87. The molecule has 0 aliphatic heterocycles. The Morgan fingerprint density at radius 3 is 2.48 bits per heavy atom. The first-order chi connectivity index (χ1) is 11.1. The molecular formula is C15H18N3O5. The van der Waals surface area contributed by atoms with Crippen LogP contribution in [0, 0.1) is 0 Å². The van der Waals surface area contributed by atoms with Gasteiger partial charge in [-0.05, 0) is 12.1 Å². The molecule has 0 saturated carbocycles. The van der Waals surface area contributed by atoms with Crippen molar-refractivity contribution < 1.29 is 24.6 Å². The zero-order valence-electron chi connectivity index (χ0n) is 12.4. The zero-order chi connectivity index (χ0) is 17.1. The van der Waals surface area contributed by atoms with Gasteiger partial charge in [-0.3, -0.25) is 19.4 Å². The number of nitrogens with zero attached hydrogens (tertiary/aromatic N) is 2. The molecule has 0 spiro atoms. The highest BCUT2D eigenvalue weighted by Crippen LogP contribution is 2.15. The van der Waals surface area contributed by atoms with Crippen LogP contribution in [0.2, 0.25) is 0 Å². The summed E-state index contributed by atoms with van der Waals surface area (Å²) in [6.45, 7) is -0.850. The number of carbonyl (C=O) groups excluding carboxylic acids is 3. The lowest BCUT2D eigenvalue weighted by Crippen LogP contribution is -2.37. The fourth-order valence-corrected chi connectivity index (χ4v) is 1.80. The second kappa shape index (κ2) is 10.2. The Labute approximate surface area is 133 Å². The summed E-state index contributed by atoms with van der Waals surface area (Å²) in [5, 5.41) is 20.3. The van der Waals surface area contributed by atoms with Gasteiger partial charge >= 0.3 is 0 Å². The molecule has 0 aliphatic rings. The molecule has 1 aromatic heterocycles. The van der Waals surface area contributed by atoms with Gasteiger partial charge in [-0.2, -0.15) is 0 Å². The third-order valence-corrected chi connectivity index (χ3v) is 2.81. The number of nitrogens with one attached hydrogen (secondary N) is 1. The quantitative estimate of drug-likeness (QED) is 0.477. The van der Waals surface area contributed by atoms with Crippen LogP contribution in [-0.4, -0.2) is 71.0 Å². The molecule has 1 heterocycles. The summed E-state index contributed by atoms with van der Waals surface area (Å²) < 4.78 is 0. The molecule has 0 fully saturated rings. The molecule has 0 aliphatic carbocycles. The van der Waals surface area contributed by atoms with Gasteiger partial charge in [-0.1, -0.05) is 6.07 Å². The van der Waals surface area contributed by atoms with Gasteiger partial charge in [0.05, 0.1) is 31.0 Å². The molecular weight excluding hydrogens is 302 g/mol. The monoisotopic (exact) mass is 320 g/mol. The van der Waals surface area contributed by atoms with E-state index in [1.54, 1.807) is 18.2 Å². The van der Waals surface area contributed by atoms with E-state index in [0.717, 1.165) is 6.08 Å². The van der Waals surface area contributed by atoms with Crippen molar-refractivity contribution in [1.82, 2.24) is 15.2 Å². The molecule has 1 aromatic rings. The second-order valence-corrected chi connectivity index (χ2v) is 4.37. The number of aliphatic hydroxyl groups is 2. The molecule has 1 rings (SSSR count). The number of amides is 2. The van der Waals surface area contributed by atoms with Crippen LogP contribution in [0.15, 0.2) is 30.5 Å². The highest BCUT2D eigenvalue weighted by molar-refractivity contribution is 6.23. The molecule has 0 atom stereocenters. The number of pyridine rings is 1. The van der Waals surface area contributed by atoms with Crippen molar-refractivity contribution in [3.05, 3.63) is 36.2 Å². The maximum atomic E-state index is 12.6. The molecule has 1 radical (unpaired) electrons. The predicted octanol–water partition coefficient (Wildman–Crippen LogP) is -1.50. The second-order valence-electron chi connectivity index (χ2n) is 4.37. The molecule has 23 heavy (non-hydrogen) atoms. The zero-order valence-corrected chi connectivity index (χ0v) is 12.4. The first-order valence-corrected chi connectivity index (χ1v) is 6.91. The van der Waals surface area contributed by atoms with Gasteiger partial charge in [0.15, 0.2) is 0 Å².